The fraction of sp³-hybridized carbons (Fsp3) is 0.0870. The Labute approximate surface area is 219 Å². The van der Waals surface area contributed by atoms with Crippen LogP contribution in [0.2, 0.25) is 0 Å². The van der Waals surface area contributed by atoms with Gasteiger partial charge in [-0.2, -0.15) is 21.2 Å². The van der Waals surface area contributed by atoms with E-state index in [4.69, 9.17) is 0 Å². The third-order valence-corrected chi connectivity index (χ3v) is 8.27. The minimum Gasteiger partial charge on any atom is -0.505 e. The van der Waals surface area contributed by atoms with Crippen molar-refractivity contribution in [3.05, 3.63) is 86.6 Å². The van der Waals surface area contributed by atoms with Crippen molar-refractivity contribution in [1.29, 1.82) is 0 Å². The molecule has 0 aliphatic carbocycles. The predicted molar refractivity (Wildman–Crippen MR) is 144 cm³/mol. The summed E-state index contributed by atoms with van der Waals surface area (Å²) in [5, 5.41) is 21.5. The molecule has 196 valence electrons. The second-order valence-electron chi connectivity index (χ2n) is 8.40. The van der Waals surface area contributed by atoms with Crippen LogP contribution in [0, 0.1) is 5.82 Å². The molecule has 5 rings (SSSR count). The van der Waals surface area contributed by atoms with Gasteiger partial charge in [-0.05, 0) is 47.3 Å². The molecule has 0 radical (unpaired) electrons. The number of hydrogen-bond donors (Lipinski definition) is 4. The number of sulfonamides is 1. The lowest BCUT2D eigenvalue weighted by atomic mass is 10.1. The van der Waals surface area contributed by atoms with Crippen LogP contribution in [0.1, 0.15) is 11.1 Å². The molecule has 38 heavy (non-hydrogen) atoms. The normalized spacial score (nSPS) is 16.9. The number of nitrogens with zero attached hydrogens (tertiary/aromatic N) is 3. The number of benzene rings is 2. The molecule has 1 aliphatic heterocycles. The Morgan fingerprint density at radius 3 is 2.58 bits per heavy atom. The molecule has 0 bridgehead atoms. The molecule has 4 aromatic rings. The minimum absolute atomic E-state index is 0.0405. The van der Waals surface area contributed by atoms with E-state index >= 15 is 0 Å². The second kappa shape index (κ2) is 9.48. The number of halogens is 1. The molecule has 0 fully saturated rings. The number of amidine groups is 1. The van der Waals surface area contributed by atoms with E-state index < -0.39 is 34.7 Å². The Hall–Kier alpha value is -3.84. The highest BCUT2D eigenvalue weighted by atomic mass is 32.2. The van der Waals surface area contributed by atoms with Gasteiger partial charge in [0.05, 0.1) is 23.8 Å². The fourth-order valence-corrected chi connectivity index (χ4v) is 6.33. The molecule has 4 N–H and O–H groups in total. The second-order valence-corrected chi connectivity index (χ2v) is 12.7. The van der Waals surface area contributed by atoms with Crippen LogP contribution in [0.15, 0.2) is 68.8 Å². The van der Waals surface area contributed by atoms with E-state index in [-0.39, 0.29) is 40.3 Å². The van der Waals surface area contributed by atoms with E-state index in [0.29, 0.717) is 11.1 Å². The summed E-state index contributed by atoms with van der Waals surface area (Å²) in [6.07, 6.45) is 0.938. The van der Waals surface area contributed by atoms with Gasteiger partial charge in [0.15, 0.2) is 11.6 Å². The van der Waals surface area contributed by atoms with Crippen molar-refractivity contribution in [2.75, 3.05) is 16.3 Å². The van der Waals surface area contributed by atoms with Gasteiger partial charge in [0.2, 0.25) is 10.0 Å². The van der Waals surface area contributed by atoms with E-state index in [9.17, 15) is 32.2 Å². The molecular formula is C23H19FN5O6PS2. The van der Waals surface area contributed by atoms with Crippen molar-refractivity contribution in [2.24, 2.45) is 4.76 Å². The van der Waals surface area contributed by atoms with E-state index in [2.05, 4.69) is 19.9 Å². The Balaban J connectivity index is 1.65. The summed E-state index contributed by atoms with van der Waals surface area (Å²) < 4.78 is 56.9. The zero-order chi connectivity index (χ0) is 27.2. The highest BCUT2D eigenvalue weighted by Crippen LogP contribution is 2.47. The number of nitrogens with one attached hydrogen (secondary N) is 2. The van der Waals surface area contributed by atoms with Crippen LogP contribution < -0.4 is 20.9 Å². The molecule has 3 heterocycles. The summed E-state index contributed by atoms with van der Waals surface area (Å²) in [4.78, 5) is 24.3. The molecule has 0 saturated heterocycles. The maximum Gasteiger partial charge on any atom is 0.346 e. The quantitative estimate of drug-likeness (QED) is 0.255. The molecule has 0 saturated carbocycles. The molecule has 1 aliphatic rings. The average Bonchev–Trinajstić information content (AvgIpc) is 3.36. The van der Waals surface area contributed by atoms with Crippen molar-refractivity contribution >= 4 is 51.4 Å². The first-order valence-electron chi connectivity index (χ1n) is 10.9. The maximum absolute atomic E-state index is 13.5. The standard InChI is InChI=1S/C23H19FN5O6PS2/c1-38(34,35)28-16-6-7-17-18(10-16)36(32,33)27-22(25-17)19-21(30)20(14-8-9-37-12-14)26-29(23(19)31)11-13-2-4-15(24)5-3-13/h2-10,12,28,30H,11H2,1H3,(H2,25,27,32,33). The van der Waals surface area contributed by atoms with Gasteiger partial charge in [0.1, 0.15) is 17.1 Å². The monoisotopic (exact) mass is 575 g/mol. The van der Waals surface area contributed by atoms with Gasteiger partial charge in [0, 0.05) is 16.6 Å². The van der Waals surface area contributed by atoms with Crippen molar-refractivity contribution in [2.45, 2.75) is 6.54 Å². The smallest absolute Gasteiger partial charge is 0.346 e. The summed E-state index contributed by atoms with van der Waals surface area (Å²) in [6.45, 7) is -0.0787. The van der Waals surface area contributed by atoms with Gasteiger partial charge >= 0.3 is 7.52 Å². The summed E-state index contributed by atoms with van der Waals surface area (Å²) in [7, 11) is -8.17. The van der Waals surface area contributed by atoms with Gasteiger partial charge in [-0.1, -0.05) is 12.1 Å². The lowest BCUT2D eigenvalue weighted by Gasteiger charge is -2.23. The first-order chi connectivity index (χ1) is 17.9. The van der Waals surface area contributed by atoms with E-state index in [1.165, 1.54) is 53.8 Å². The van der Waals surface area contributed by atoms with Crippen LogP contribution >= 0.6 is 18.9 Å². The highest BCUT2D eigenvalue weighted by Gasteiger charge is 2.34. The first kappa shape index (κ1) is 25.8. The summed E-state index contributed by atoms with van der Waals surface area (Å²) in [6, 6.07) is 11.0. The van der Waals surface area contributed by atoms with E-state index in [0.717, 1.165) is 10.9 Å². The molecule has 1 unspecified atom stereocenters. The van der Waals surface area contributed by atoms with Gasteiger partial charge in [-0.15, -0.1) is 0 Å². The largest absolute Gasteiger partial charge is 0.505 e. The Bertz CT molecular complexity index is 1810. The fourth-order valence-electron chi connectivity index (χ4n) is 3.85. The number of aromatic hydroxyl groups is 1. The SMILES string of the molecule is CS(=O)(=O)Nc1ccc2c(c1)P(=O)(O)N=C(c1c(O)c(-c3ccsc3)nn(Cc3ccc(F)cc3)c1=O)N2. The molecule has 2 aromatic carbocycles. The summed E-state index contributed by atoms with van der Waals surface area (Å²) in [5.74, 6) is -1.36. The minimum atomic E-state index is -4.52. The van der Waals surface area contributed by atoms with E-state index in [1.807, 2.05) is 0 Å². The Kier molecular flexibility index (Phi) is 6.43. The number of rotatable bonds is 6. The van der Waals surface area contributed by atoms with E-state index in [1.54, 1.807) is 16.8 Å². The molecule has 0 spiro atoms. The van der Waals surface area contributed by atoms with Crippen LogP contribution in [-0.2, 0) is 21.1 Å². The lowest BCUT2D eigenvalue weighted by Crippen LogP contribution is -2.34. The molecule has 2 aromatic heterocycles. The first-order valence-corrected chi connectivity index (χ1v) is 15.3. The summed E-state index contributed by atoms with van der Waals surface area (Å²) >= 11 is 1.34. The highest BCUT2D eigenvalue weighted by molar-refractivity contribution is 7.92. The van der Waals surface area contributed by atoms with Crippen LogP contribution in [-0.4, -0.2) is 40.3 Å². The lowest BCUT2D eigenvalue weighted by molar-refractivity contribution is 0.464. The van der Waals surface area contributed by atoms with Crippen molar-refractivity contribution in [3.63, 3.8) is 0 Å². The van der Waals surface area contributed by atoms with Crippen LogP contribution in [0.3, 0.4) is 0 Å². The average molecular weight is 576 g/mol. The number of hydrogen-bond acceptors (Lipinski definition) is 8. The van der Waals surface area contributed by atoms with Gasteiger partial charge in [-0.25, -0.2) is 17.5 Å². The number of thiophene rings is 1. The molecule has 0 amide bonds. The molecule has 11 nitrogen and oxygen atoms in total. The summed E-state index contributed by atoms with van der Waals surface area (Å²) in [5.41, 5.74) is 0.0431. The van der Waals surface area contributed by atoms with Gasteiger partial charge in [0.25, 0.3) is 5.56 Å². The van der Waals surface area contributed by atoms with Crippen molar-refractivity contribution < 1.29 is 27.4 Å². The number of aromatic nitrogens is 2. The number of anilines is 2. The topological polar surface area (TPSA) is 163 Å². The molecule has 1 atom stereocenters. The molecule has 15 heteroatoms. The third kappa shape index (κ3) is 5.11. The maximum atomic E-state index is 13.5. The van der Waals surface area contributed by atoms with Crippen molar-refractivity contribution in [1.82, 2.24) is 9.78 Å². The Morgan fingerprint density at radius 2 is 1.92 bits per heavy atom. The van der Waals surface area contributed by atoms with Gasteiger partial charge < -0.3 is 15.3 Å². The van der Waals surface area contributed by atoms with Crippen LogP contribution in [0.5, 0.6) is 5.75 Å². The Morgan fingerprint density at radius 1 is 1.18 bits per heavy atom. The zero-order valence-electron chi connectivity index (χ0n) is 19.5. The molecular weight excluding hydrogens is 556 g/mol. The number of fused-ring (bicyclic) bond motifs is 1. The third-order valence-electron chi connectivity index (χ3n) is 5.51. The van der Waals surface area contributed by atoms with Crippen LogP contribution in [0.4, 0.5) is 15.8 Å². The predicted octanol–water partition coefficient (Wildman–Crippen LogP) is 2.92. The van der Waals surface area contributed by atoms with Crippen LogP contribution in [0.25, 0.3) is 11.3 Å². The van der Waals surface area contributed by atoms with Gasteiger partial charge in [-0.3, -0.25) is 14.1 Å². The zero-order valence-corrected chi connectivity index (χ0v) is 22.0. The van der Waals surface area contributed by atoms with Crippen molar-refractivity contribution in [3.8, 4) is 17.0 Å².